The summed E-state index contributed by atoms with van der Waals surface area (Å²) in [6.07, 6.45) is 1.99. The Hall–Kier alpha value is -2.82. The zero-order valence-electron chi connectivity index (χ0n) is 15.3. The Morgan fingerprint density at radius 2 is 2.10 bits per heavy atom. The second-order valence-corrected chi connectivity index (χ2v) is 9.77. The van der Waals surface area contributed by atoms with Gasteiger partial charge in [-0.2, -0.15) is 4.72 Å². The number of nitrogens with one attached hydrogen (secondary N) is 2. The molecule has 3 heterocycles. The number of thiophene rings is 1. The Labute approximate surface area is 171 Å². The lowest BCUT2D eigenvalue weighted by Gasteiger charge is -2.19. The van der Waals surface area contributed by atoms with E-state index in [1.54, 1.807) is 35.4 Å². The topological polar surface area (TPSA) is 129 Å². The minimum absolute atomic E-state index is 0.0668. The van der Waals surface area contributed by atoms with E-state index < -0.39 is 16.1 Å². The summed E-state index contributed by atoms with van der Waals surface area (Å²) < 4.78 is 29.0. The van der Waals surface area contributed by atoms with E-state index in [1.807, 2.05) is 12.1 Å². The zero-order chi connectivity index (χ0) is 20.6. The maximum atomic E-state index is 12.8. The van der Waals surface area contributed by atoms with Gasteiger partial charge in [0.05, 0.1) is 10.2 Å². The molecule has 0 aliphatic carbocycles. The number of carbonyl (C=O) groups excluding carboxylic acids is 1. The molecule has 0 spiro atoms. The third-order valence-corrected chi connectivity index (χ3v) is 7.83. The molecule has 1 aliphatic heterocycles. The maximum Gasteiger partial charge on any atom is 0.250 e. The van der Waals surface area contributed by atoms with Crippen molar-refractivity contribution < 1.29 is 13.2 Å². The van der Waals surface area contributed by atoms with Gasteiger partial charge in [-0.15, -0.1) is 11.3 Å². The number of hydrogen-bond donors (Lipinski definition) is 3. The third kappa shape index (κ3) is 3.86. The fourth-order valence-corrected chi connectivity index (χ4v) is 5.94. The lowest BCUT2D eigenvalue weighted by Crippen LogP contribution is -2.41. The molecule has 4 N–H and O–H groups in total. The average Bonchev–Trinajstić information content (AvgIpc) is 3.27. The highest BCUT2D eigenvalue weighted by molar-refractivity contribution is 7.91. The molecule has 10 heteroatoms. The molecule has 1 atom stereocenters. The van der Waals surface area contributed by atoms with Crippen LogP contribution >= 0.6 is 11.3 Å². The fourth-order valence-electron chi connectivity index (χ4n) is 3.36. The van der Waals surface area contributed by atoms with Gasteiger partial charge in [0, 0.05) is 24.8 Å². The van der Waals surface area contributed by atoms with Crippen molar-refractivity contribution in [2.24, 2.45) is 5.73 Å². The first-order valence-corrected chi connectivity index (χ1v) is 11.2. The van der Waals surface area contributed by atoms with Crippen molar-refractivity contribution in [3.63, 3.8) is 0 Å². The van der Waals surface area contributed by atoms with Crippen LogP contribution < -0.4 is 10.5 Å². The number of sulfonamides is 1. The molecule has 0 unspecified atom stereocenters. The summed E-state index contributed by atoms with van der Waals surface area (Å²) in [4.78, 5) is 18.5. The molecule has 1 aromatic carbocycles. The molecule has 1 amide bonds. The van der Waals surface area contributed by atoms with Crippen LogP contribution in [0, 0.1) is 5.41 Å². The van der Waals surface area contributed by atoms with Crippen LogP contribution in [0.2, 0.25) is 0 Å². The summed E-state index contributed by atoms with van der Waals surface area (Å²) in [7, 11) is -3.83. The van der Waals surface area contributed by atoms with Gasteiger partial charge in [-0.1, -0.05) is 24.3 Å². The van der Waals surface area contributed by atoms with Crippen LogP contribution in [0.15, 0.2) is 52.9 Å². The number of nitrogens with two attached hydrogens (primary N) is 1. The highest BCUT2D eigenvalue weighted by atomic mass is 32.2. The van der Waals surface area contributed by atoms with E-state index >= 15 is 0 Å². The van der Waals surface area contributed by atoms with E-state index in [4.69, 9.17) is 11.1 Å². The highest BCUT2D eigenvalue weighted by Gasteiger charge is 2.35. The summed E-state index contributed by atoms with van der Waals surface area (Å²) in [5, 5.41) is 7.68. The van der Waals surface area contributed by atoms with Crippen LogP contribution in [0.5, 0.6) is 0 Å². The molecule has 4 rings (SSSR count). The first-order valence-electron chi connectivity index (χ1n) is 8.93. The van der Waals surface area contributed by atoms with Crippen LogP contribution in [0.3, 0.4) is 0 Å². The predicted octanol–water partition coefficient (Wildman–Crippen LogP) is 1.66. The molecule has 150 valence electrons. The van der Waals surface area contributed by atoms with Crippen LogP contribution in [-0.4, -0.2) is 42.6 Å². The molecule has 2 aromatic heterocycles. The molecule has 3 aromatic rings. The van der Waals surface area contributed by atoms with Gasteiger partial charge in [0.2, 0.25) is 5.91 Å². The van der Waals surface area contributed by atoms with E-state index in [0.29, 0.717) is 24.0 Å². The second kappa shape index (κ2) is 7.54. The van der Waals surface area contributed by atoms with E-state index in [0.717, 1.165) is 21.6 Å². The van der Waals surface area contributed by atoms with Crippen molar-refractivity contribution in [3.8, 4) is 0 Å². The number of fused-ring (bicyclic) bond motifs is 1. The summed E-state index contributed by atoms with van der Waals surface area (Å²) >= 11 is 1.12. The van der Waals surface area contributed by atoms with E-state index in [2.05, 4.69) is 9.71 Å². The molecule has 0 bridgehead atoms. The largest absolute Gasteiger partial charge is 0.384 e. The van der Waals surface area contributed by atoms with Crippen LogP contribution in [-0.2, 0) is 21.4 Å². The maximum absolute atomic E-state index is 12.8. The molecule has 29 heavy (non-hydrogen) atoms. The Kier molecular flexibility index (Phi) is 5.07. The Morgan fingerprint density at radius 3 is 2.86 bits per heavy atom. The van der Waals surface area contributed by atoms with E-state index in [-0.39, 0.29) is 22.5 Å². The monoisotopic (exact) mass is 429 g/mol. The predicted molar refractivity (Wildman–Crippen MR) is 111 cm³/mol. The number of nitrogens with zero attached hydrogens (tertiary/aromatic N) is 2. The van der Waals surface area contributed by atoms with Gasteiger partial charge in [0.25, 0.3) is 10.0 Å². The Balaban J connectivity index is 1.50. The third-order valence-electron chi connectivity index (χ3n) is 4.79. The summed E-state index contributed by atoms with van der Waals surface area (Å²) in [6.45, 7) is 0.700. The number of benzene rings is 1. The van der Waals surface area contributed by atoms with Crippen molar-refractivity contribution in [2.45, 2.75) is 23.2 Å². The molecular weight excluding hydrogens is 410 g/mol. The van der Waals surface area contributed by atoms with E-state index in [9.17, 15) is 13.2 Å². The number of rotatable bonds is 6. The highest BCUT2D eigenvalue weighted by Crippen LogP contribution is 2.28. The van der Waals surface area contributed by atoms with E-state index in [1.165, 1.54) is 6.07 Å². The molecule has 1 saturated heterocycles. The number of aromatic nitrogens is 1. The standard InChI is InChI=1S/C19H19N5O3S2/c20-18(21)13-5-2-1-4-12(13)11-24-9-7-14(19(24)25)23-29(26,27)17-10-15-16(28-17)6-3-8-22-15/h1-6,8,10,14,23H,7,9,11H2,(H3,20,21)/t14-/m0/s1. The number of amidine groups is 1. The minimum atomic E-state index is -3.83. The number of carbonyl (C=O) groups is 1. The number of nitrogen functional groups attached to an aromatic ring is 1. The molecule has 0 radical (unpaired) electrons. The van der Waals surface area contributed by atoms with Gasteiger partial charge in [0.15, 0.2) is 0 Å². The first kappa shape index (κ1) is 19.5. The molecule has 0 saturated carbocycles. The molecule has 1 aliphatic rings. The Morgan fingerprint density at radius 1 is 1.31 bits per heavy atom. The van der Waals surface area contributed by atoms with Crippen molar-refractivity contribution >= 4 is 43.3 Å². The minimum Gasteiger partial charge on any atom is -0.384 e. The van der Waals surface area contributed by atoms with Gasteiger partial charge < -0.3 is 10.6 Å². The lowest BCUT2D eigenvalue weighted by atomic mass is 10.1. The fraction of sp³-hybridized carbons (Fsp3) is 0.211. The summed E-state index contributed by atoms with van der Waals surface area (Å²) in [5.41, 5.74) is 7.55. The number of likely N-dealkylation sites (tertiary alicyclic amines) is 1. The van der Waals surface area contributed by atoms with Gasteiger partial charge in [0.1, 0.15) is 16.1 Å². The molecular formula is C19H19N5O3S2. The average molecular weight is 430 g/mol. The normalized spacial score (nSPS) is 17.2. The van der Waals surface area contributed by atoms with Crippen LogP contribution in [0.25, 0.3) is 10.2 Å². The molecule has 1 fully saturated rings. The lowest BCUT2D eigenvalue weighted by molar-refractivity contribution is -0.129. The molecule has 8 nitrogen and oxygen atoms in total. The number of amides is 1. The van der Waals surface area contributed by atoms with Gasteiger partial charge >= 0.3 is 0 Å². The smallest absolute Gasteiger partial charge is 0.250 e. The van der Waals surface area contributed by atoms with Gasteiger partial charge in [-0.25, -0.2) is 8.42 Å². The van der Waals surface area contributed by atoms with Crippen molar-refractivity contribution in [1.29, 1.82) is 5.41 Å². The number of hydrogen-bond acceptors (Lipinski definition) is 6. The zero-order valence-corrected chi connectivity index (χ0v) is 17.0. The number of pyridine rings is 1. The van der Waals surface area contributed by atoms with Crippen molar-refractivity contribution in [1.82, 2.24) is 14.6 Å². The Bertz CT molecular complexity index is 1170. The summed E-state index contributed by atoms with van der Waals surface area (Å²) in [6, 6.07) is 11.4. The SMILES string of the molecule is N=C(N)c1ccccc1CN1CC[C@H](NS(=O)(=O)c2cc3ncccc3s2)C1=O. The van der Waals surface area contributed by atoms with Crippen LogP contribution in [0.1, 0.15) is 17.5 Å². The van der Waals surface area contributed by atoms with Crippen molar-refractivity contribution in [2.75, 3.05) is 6.54 Å². The quantitative estimate of drug-likeness (QED) is 0.405. The van der Waals surface area contributed by atoms with Crippen molar-refractivity contribution in [3.05, 3.63) is 59.8 Å². The first-order chi connectivity index (χ1) is 13.8. The van der Waals surface area contributed by atoms with Crippen LogP contribution in [0.4, 0.5) is 0 Å². The second-order valence-electron chi connectivity index (χ2n) is 6.75. The van der Waals surface area contributed by atoms with Gasteiger partial charge in [-0.05, 0) is 30.2 Å². The summed E-state index contributed by atoms with van der Waals surface area (Å²) in [5.74, 6) is -0.353. The van der Waals surface area contributed by atoms with Gasteiger partial charge in [-0.3, -0.25) is 15.2 Å².